The smallest absolute Gasteiger partial charge is 0.261 e. The number of aromatic amines is 2. The maximum Gasteiger partial charge on any atom is 0.261 e. The number of para-hydroxylation sites is 2. The van der Waals surface area contributed by atoms with Crippen molar-refractivity contribution in [3.05, 3.63) is 52.6 Å². The molecule has 9 heteroatoms. The molecule has 4 saturated heterocycles. The van der Waals surface area contributed by atoms with Crippen LogP contribution in [0.3, 0.4) is 0 Å². The predicted octanol–water partition coefficient (Wildman–Crippen LogP) is 3.85. The maximum atomic E-state index is 15.4. The third kappa shape index (κ3) is 4.16. The lowest BCUT2D eigenvalue weighted by atomic mass is 9.83. The number of pyridine rings is 1. The topological polar surface area (TPSA) is 98.1 Å². The standard InChI is InChI=1S/C28H31FN6O2/c29-19-12-18-22(13-24(19)37-15-17-4-3-9-30-17)34-28(36)25(27-32-20-5-1-2-6-21(20)33-27)26(18)31-23-14-35-10-7-16(23)8-11-35/h1-2,5-6,12-13,16-17,23,30H,3-4,7-11,14-15H2,(H,32,33)(H2,31,34,36)/t17-,23-/m0/s1. The van der Waals surface area contributed by atoms with Crippen LogP contribution in [0.1, 0.15) is 25.7 Å². The number of nitrogens with zero attached hydrogens (tertiary/aromatic N) is 2. The van der Waals surface area contributed by atoms with E-state index >= 15 is 4.39 Å². The SMILES string of the molecule is O=c1[nH]c2cc(OC[C@@H]3CCCN3)c(F)cc2c(N[C@H]2CN3CCC2CC3)c1-c1nc2ccccc2[nH]1. The fourth-order valence-corrected chi connectivity index (χ4v) is 6.26. The molecule has 8 rings (SSSR count). The molecular formula is C28H31FN6O2. The van der Waals surface area contributed by atoms with E-state index in [1.807, 2.05) is 24.3 Å². The zero-order valence-corrected chi connectivity index (χ0v) is 20.6. The van der Waals surface area contributed by atoms with E-state index in [0.29, 0.717) is 40.5 Å². The zero-order chi connectivity index (χ0) is 24.9. The van der Waals surface area contributed by atoms with Gasteiger partial charge in [0.1, 0.15) is 18.0 Å². The third-order valence-corrected chi connectivity index (χ3v) is 8.28. The highest BCUT2D eigenvalue weighted by molar-refractivity contribution is 5.99. The number of halogens is 1. The summed E-state index contributed by atoms with van der Waals surface area (Å²) in [7, 11) is 0. The predicted molar refractivity (Wildman–Crippen MR) is 143 cm³/mol. The van der Waals surface area contributed by atoms with Crippen LogP contribution in [0.4, 0.5) is 10.1 Å². The third-order valence-electron chi connectivity index (χ3n) is 8.28. The summed E-state index contributed by atoms with van der Waals surface area (Å²) >= 11 is 0. The van der Waals surface area contributed by atoms with Crippen molar-refractivity contribution in [2.45, 2.75) is 37.8 Å². The van der Waals surface area contributed by atoms with Gasteiger partial charge in [0.05, 0.1) is 22.2 Å². The molecule has 192 valence electrons. The van der Waals surface area contributed by atoms with Gasteiger partial charge in [0.2, 0.25) is 0 Å². The summed E-state index contributed by atoms with van der Waals surface area (Å²) in [5.41, 5.74) is 2.93. The molecule has 0 aliphatic carbocycles. The molecule has 2 aromatic carbocycles. The zero-order valence-electron chi connectivity index (χ0n) is 20.6. The quantitative estimate of drug-likeness (QED) is 0.320. The van der Waals surface area contributed by atoms with E-state index in [2.05, 4.69) is 25.5 Å². The first-order valence-electron chi connectivity index (χ1n) is 13.3. The first-order valence-corrected chi connectivity index (χ1v) is 13.3. The molecule has 0 unspecified atom stereocenters. The van der Waals surface area contributed by atoms with Crippen LogP contribution in [0.25, 0.3) is 33.3 Å². The van der Waals surface area contributed by atoms with E-state index in [9.17, 15) is 4.79 Å². The van der Waals surface area contributed by atoms with E-state index in [0.717, 1.165) is 62.9 Å². The summed E-state index contributed by atoms with van der Waals surface area (Å²) in [5, 5.41) is 7.68. The number of hydrogen-bond acceptors (Lipinski definition) is 6. The number of piperidine rings is 3. The Hall–Kier alpha value is -3.43. The fourth-order valence-electron chi connectivity index (χ4n) is 6.26. The average Bonchev–Trinajstić information content (AvgIpc) is 3.59. The lowest BCUT2D eigenvalue weighted by Gasteiger charge is -2.45. The molecule has 0 radical (unpaired) electrons. The summed E-state index contributed by atoms with van der Waals surface area (Å²) in [4.78, 5) is 27.0. The molecule has 4 fully saturated rings. The van der Waals surface area contributed by atoms with Crippen LogP contribution >= 0.6 is 0 Å². The molecule has 37 heavy (non-hydrogen) atoms. The molecule has 0 saturated carbocycles. The van der Waals surface area contributed by atoms with Gasteiger partial charge in [-0.3, -0.25) is 4.79 Å². The molecule has 8 nitrogen and oxygen atoms in total. The Morgan fingerprint density at radius 3 is 2.73 bits per heavy atom. The first-order chi connectivity index (χ1) is 18.1. The number of H-pyrrole nitrogens is 2. The van der Waals surface area contributed by atoms with Crippen LogP contribution in [-0.2, 0) is 0 Å². The van der Waals surface area contributed by atoms with Gasteiger partial charge < -0.3 is 30.2 Å². The molecular weight excluding hydrogens is 471 g/mol. The Morgan fingerprint density at radius 1 is 1.11 bits per heavy atom. The summed E-state index contributed by atoms with van der Waals surface area (Å²) in [5.74, 6) is 0.711. The number of fused-ring (bicyclic) bond motifs is 5. The van der Waals surface area contributed by atoms with Crippen LogP contribution in [0.5, 0.6) is 5.75 Å². The number of aromatic nitrogens is 3. The van der Waals surface area contributed by atoms with Gasteiger partial charge in [0.25, 0.3) is 5.56 Å². The summed E-state index contributed by atoms with van der Waals surface area (Å²) < 4.78 is 21.3. The molecule has 0 amide bonds. The monoisotopic (exact) mass is 502 g/mol. The van der Waals surface area contributed by atoms with Crippen molar-refractivity contribution < 1.29 is 9.13 Å². The second kappa shape index (κ2) is 9.15. The van der Waals surface area contributed by atoms with Crippen LogP contribution in [0.2, 0.25) is 0 Å². The van der Waals surface area contributed by atoms with Gasteiger partial charge in [-0.05, 0) is 69.4 Å². The van der Waals surface area contributed by atoms with Gasteiger partial charge in [-0.2, -0.15) is 0 Å². The van der Waals surface area contributed by atoms with Gasteiger partial charge in [-0.1, -0.05) is 12.1 Å². The van der Waals surface area contributed by atoms with Crippen molar-refractivity contribution in [1.82, 2.24) is 25.2 Å². The van der Waals surface area contributed by atoms with Gasteiger partial charge in [0, 0.05) is 30.1 Å². The van der Waals surface area contributed by atoms with Crippen molar-refractivity contribution in [3.63, 3.8) is 0 Å². The number of nitrogens with one attached hydrogen (secondary N) is 4. The summed E-state index contributed by atoms with van der Waals surface area (Å²) in [6.07, 6.45) is 4.36. The van der Waals surface area contributed by atoms with E-state index < -0.39 is 5.82 Å². The van der Waals surface area contributed by atoms with Crippen LogP contribution in [0.15, 0.2) is 41.2 Å². The Morgan fingerprint density at radius 2 is 1.97 bits per heavy atom. The Balaban J connectivity index is 1.34. The van der Waals surface area contributed by atoms with Gasteiger partial charge >= 0.3 is 0 Å². The van der Waals surface area contributed by atoms with Gasteiger partial charge in [0.15, 0.2) is 11.6 Å². The van der Waals surface area contributed by atoms with E-state index in [1.165, 1.54) is 6.07 Å². The molecule has 2 atom stereocenters. The number of ether oxygens (including phenoxy) is 1. The molecule has 2 bridgehead atoms. The summed E-state index contributed by atoms with van der Waals surface area (Å²) in [6, 6.07) is 11.2. The minimum Gasteiger partial charge on any atom is -0.489 e. The number of benzene rings is 2. The van der Waals surface area contributed by atoms with Crippen molar-refractivity contribution >= 4 is 27.6 Å². The van der Waals surface area contributed by atoms with Crippen LogP contribution < -0.4 is 20.9 Å². The van der Waals surface area contributed by atoms with Crippen LogP contribution in [-0.4, -0.2) is 64.7 Å². The lowest BCUT2D eigenvalue weighted by molar-refractivity contribution is 0.0976. The average molecular weight is 503 g/mol. The lowest BCUT2D eigenvalue weighted by Crippen LogP contribution is -2.53. The maximum absolute atomic E-state index is 15.4. The molecule has 0 spiro atoms. The van der Waals surface area contributed by atoms with Gasteiger partial charge in [-0.15, -0.1) is 0 Å². The first kappa shape index (κ1) is 22.7. The fraction of sp³-hybridized carbons (Fsp3) is 0.429. The Labute approximate surface area is 213 Å². The Bertz CT molecular complexity index is 1480. The second-order valence-corrected chi connectivity index (χ2v) is 10.6. The number of rotatable bonds is 6. The normalized spacial score (nSPS) is 25.2. The molecule has 2 aromatic heterocycles. The molecule has 4 aliphatic heterocycles. The highest BCUT2D eigenvalue weighted by Crippen LogP contribution is 2.37. The number of imidazole rings is 1. The second-order valence-electron chi connectivity index (χ2n) is 10.6. The van der Waals surface area contributed by atoms with Crippen molar-refractivity contribution in [3.8, 4) is 17.1 Å². The van der Waals surface area contributed by atoms with E-state index in [1.54, 1.807) is 6.07 Å². The molecule has 4 aromatic rings. The summed E-state index contributed by atoms with van der Waals surface area (Å²) in [6.45, 7) is 4.49. The minimum atomic E-state index is -0.440. The Kier molecular flexibility index (Phi) is 5.62. The van der Waals surface area contributed by atoms with E-state index in [4.69, 9.17) is 9.72 Å². The number of hydrogen-bond donors (Lipinski definition) is 4. The minimum absolute atomic E-state index is 0.155. The molecule has 6 heterocycles. The van der Waals surface area contributed by atoms with Crippen molar-refractivity contribution in [2.75, 3.05) is 38.1 Å². The molecule has 4 aliphatic rings. The number of anilines is 1. The highest BCUT2D eigenvalue weighted by Gasteiger charge is 2.35. The largest absolute Gasteiger partial charge is 0.489 e. The van der Waals surface area contributed by atoms with E-state index in [-0.39, 0.29) is 23.4 Å². The highest BCUT2D eigenvalue weighted by atomic mass is 19.1. The molecule has 4 N–H and O–H groups in total. The van der Waals surface area contributed by atoms with Crippen LogP contribution in [0, 0.1) is 11.7 Å². The van der Waals surface area contributed by atoms with Crippen molar-refractivity contribution in [2.24, 2.45) is 5.92 Å². The van der Waals surface area contributed by atoms with Crippen molar-refractivity contribution in [1.29, 1.82) is 0 Å². The van der Waals surface area contributed by atoms with Gasteiger partial charge in [-0.25, -0.2) is 9.37 Å².